The molecular weight excluding hydrogens is 551 g/mol. The number of hydrogen-bond acceptors (Lipinski definition) is 6. The maximum absolute atomic E-state index is 13.4. The highest BCUT2D eigenvalue weighted by molar-refractivity contribution is 7.91. The third-order valence-corrected chi connectivity index (χ3v) is 9.17. The van der Waals surface area contributed by atoms with Crippen molar-refractivity contribution in [2.45, 2.75) is 55.5 Å². The molecule has 0 unspecified atom stereocenters. The summed E-state index contributed by atoms with van der Waals surface area (Å²) in [7, 11) is -2.66. The molecule has 208 valence electrons. The molecule has 0 bridgehead atoms. The van der Waals surface area contributed by atoms with Gasteiger partial charge in [-0.15, -0.1) is 11.3 Å². The number of ketones is 1. The monoisotopic (exact) mass is 579 g/mol. The number of carbonyl (C=O) groups is 1. The van der Waals surface area contributed by atoms with Gasteiger partial charge in [0.15, 0.2) is 5.69 Å². The number of carbonyl (C=O) groups excluding carboxylic acids is 1. The first-order valence-electron chi connectivity index (χ1n) is 12.3. The lowest BCUT2D eigenvalue weighted by molar-refractivity contribution is -0.141. The molecule has 0 fully saturated rings. The van der Waals surface area contributed by atoms with E-state index in [1.165, 1.54) is 26.1 Å². The van der Waals surface area contributed by atoms with E-state index in [4.69, 9.17) is 0 Å². The number of sulfonamides is 1. The zero-order valence-electron chi connectivity index (χ0n) is 21.3. The number of unbranched alkanes of at least 4 members (excludes halogenated alkanes) is 2. The number of Topliss-reactive ketones (excluding diaryl/α,β-unsaturated/α-hetero) is 1. The molecule has 0 aliphatic heterocycles. The van der Waals surface area contributed by atoms with Crippen LogP contribution in [0.25, 0.3) is 21.8 Å². The molecule has 0 spiro atoms. The molecule has 0 saturated carbocycles. The quantitative estimate of drug-likeness (QED) is 0.197. The van der Waals surface area contributed by atoms with Crippen LogP contribution in [-0.2, 0) is 28.0 Å². The van der Waals surface area contributed by atoms with Crippen LogP contribution in [-0.4, -0.2) is 33.9 Å². The number of benzene rings is 1. The van der Waals surface area contributed by atoms with Gasteiger partial charge < -0.3 is 9.78 Å². The summed E-state index contributed by atoms with van der Waals surface area (Å²) < 4.78 is 69.8. The molecule has 13 heteroatoms. The number of H-pyrrole nitrogens is 1. The summed E-state index contributed by atoms with van der Waals surface area (Å²) in [5.74, 6) is 0.553. The average Bonchev–Trinajstić information content (AvgIpc) is 3.63. The first-order chi connectivity index (χ1) is 18.4. The summed E-state index contributed by atoms with van der Waals surface area (Å²) >= 11 is 0.859. The molecule has 8 nitrogen and oxygen atoms in total. The molecule has 2 N–H and O–H groups in total. The molecule has 1 aromatic carbocycles. The van der Waals surface area contributed by atoms with Gasteiger partial charge in [-0.05, 0) is 43.5 Å². The molecule has 0 aliphatic rings. The van der Waals surface area contributed by atoms with Gasteiger partial charge >= 0.3 is 6.18 Å². The zero-order valence-corrected chi connectivity index (χ0v) is 23.0. The number of rotatable bonds is 12. The van der Waals surface area contributed by atoms with Gasteiger partial charge in [0.25, 0.3) is 10.0 Å². The van der Waals surface area contributed by atoms with Crippen molar-refractivity contribution in [3.05, 3.63) is 66.2 Å². The van der Waals surface area contributed by atoms with Gasteiger partial charge in [0.1, 0.15) is 15.8 Å². The van der Waals surface area contributed by atoms with E-state index in [1.807, 2.05) is 30.3 Å². The minimum atomic E-state index is -4.61. The average molecular weight is 580 g/mol. The molecule has 1 atom stereocenters. The highest BCUT2D eigenvalue weighted by Gasteiger charge is 2.35. The molecule has 3 heterocycles. The van der Waals surface area contributed by atoms with Gasteiger partial charge in [0.2, 0.25) is 0 Å². The smallest absolute Gasteiger partial charge is 0.341 e. The fraction of sp³-hybridized carbons (Fsp3) is 0.346. The normalized spacial score (nSPS) is 13.1. The van der Waals surface area contributed by atoms with E-state index in [0.717, 1.165) is 39.8 Å². The first-order valence-corrected chi connectivity index (χ1v) is 14.6. The lowest BCUT2D eigenvalue weighted by Crippen LogP contribution is -2.29. The summed E-state index contributed by atoms with van der Waals surface area (Å²) in [5, 5.41) is 3.50. The van der Waals surface area contributed by atoms with Crippen molar-refractivity contribution in [1.82, 2.24) is 24.5 Å². The fourth-order valence-corrected chi connectivity index (χ4v) is 6.72. The molecular formula is C26H28F3N5O3S2. The number of thiophene rings is 1. The fourth-order valence-electron chi connectivity index (χ4n) is 4.11. The van der Waals surface area contributed by atoms with Crippen LogP contribution in [0.2, 0.25) is 0 Å². The van der Waals surface area contributed by atoms with Crippen LogP contribution in [0.3, 0.4) is 0 Å². The predicted octanol–water partition coefficient (Wildman–Crippen LogP) is 6.12. The van der Waals surface area contributed by atoms with Crippen molar-refractivity contribution in [3.8, 4) is 21.8 Å². The topological polar surface area (TPSA) is 110 Å². The molecule has 4 aromatic rings. The number of hydrogen-bond donors (Lipinski definition) is 2. The lowest BCUT2D eigenvalue weighted by atomic mass is 10.1. The Morgan fingerprint density at radius 2 is 1.87 bits per heavy atom. The van der Waals surface area contributed by atoms with E-state index in [1.54, 1.807) is 6.20 Å². The van der Waals surface area contributed by atoms with Gasteiger partial charge in [-0.2, -0.15) is 23.0 Å². The number of imidazole rings is 1. The Kier molecular flexibility index (Phi) is 8.72. The second-order valence-corrected chi connectivity index (χ2v) is 12.2. The van der Waals surface area contributed by atoms with E-state index < -0.39 is 27.9 Å². The van der Waals surface area contributed by atoms with Gasteiger partial charge in [-0.25, -0.2) is 13.4 Å². The molecule has 0 radical (unpaired) electrons. The Balaban J connectivity index is 1.56. The first kappa shape index (κ1) is 28.7. The number of aryl methyl sites for hydroxylation is 1. The van der Waals surface area contributed by atoms with Gasteiger partial charge in [-0.3, -0.25) is 4.68 Å². The van der Waals surface area contributed by atoms with Gasteiger partial charge in [-0.1, -0.05) is 43.2 Å². The van der Waals surface area contributed by atoms with Crippen molar-refractivity contribution >= 4 is 27.1 Å². The zero-order chi connectivity index (χ0) is 28.2. The van der Waals surface area contributed by atoms with E-state index >= 15 is 0 Å². The largest absolute Gasteiger partial charge is 0.435 e. The van der Waals surface area contributed by atoms with Crippen molar-refractivity contribution < 1.29 is 26.4 Å². The van der Waals surface area contributed by atoms with E-state index in [2.05, 4.69) is 19.8 Å². The van der Waals surface area contributed by atoms with Crippen molar-refractivity contribution in [1.29, 1.82) is 0 Å². The summed E-state index contributed by atoms with van der Waals surface area (Å²) in [5.41, 5.74) is 0.750. The van der Waals surface area contributed by atoms with Crippen molar-refractivity contribution in [3.63, 3.8) is 0 Å². The van der Waals surface area contributed by atoms with E-state index in [0.29, 0.717) is 36.4 Å². The predicted molar refractivity (Wildman–Crippen MR) is 142 cm³/mol. The summed E-state index contributed by atoms with van der Waals surface area (Å²) in [4.78, 5) is 19.2. The van der Waals surface area contributed by atoms with Crippen molar-refractivity contribution in [2.24, 2.45) is 7.05 Å². The maximum Gasteiger partial charge on any atom is 0.435 e. The van der Waals surface area contributed by atoms with Crippen molar-refractivity contribution in [2.75, 3.05) is 0 Å². The molecule has 0 amide bonds. The molecule has 3 aromatic heterocycles. The van der Waals surface area contributed by atoms with Crippen LogP contribution in [0, 0.1) is 0 Å². The van der Waals surface area contributed by atoms with Gasteiger partial charge in [0, 0.05) is 13.5 Å². The lowest BCUT2D eigenvalue weighted by Gasteiger charge is -2.16. The summed E-state index contributed by atoms with van der Waals surface area (Å²) in [6.07, 6.45) is 0.0584. The number of aromatic amines is 1. The van der Waals surface area contributed by atoms with Crippen LogP contribution in [0.1, 0.15) is 56.6 Å². The maximum atomic E-state index is 13.4. The van der Waals surface area contributed by atoms with Crippen LogP contribution in [0.4, 0.5) is 13.2 Å². The van der Waals surface area contributed by atoms with Crippen LogP contribution in [0.15, 0.2) is 58.9 Å². The molecule has 0 saturated heterocycles. The summed E-state index contributed by atoms with van der Waals surface area (Å²) in [6, 6.07) is 12.5. The Morgan fingerprint density at radius 1 is 1.13 bits per heavy atom. The van der Waals surface area contributed by atoms with Crippen LogP contribution >= 0.6 is 11.3 Å². The Hall–Kier alpha value is -3.29. The van der Waals surface area contributed by atoms with E-state index in [-0.39, 0.29) is 15.7 Å². The molecule has 0 aliphatic carbocycles. The Morgan fingerprint density at radius 3 is 2.54 bits per heavy atom. The Labute approximate surface area is 228 Å². The van der Waals surface area contributed by atoms with E-state index in [9.17, 15) is 26.4 Å². The highest BCUT2D eigenvalue weighted by atomic mass is 32.2. The number of alkyl halides is 3. The van der Waals surface area contributed by atoms with Gasteiger partial charge in [0.05, 0.1) is 28.5 Å². The Bertz CT molecular complexity index is 1530. The third kappa shape index (κ3) is 7.22. The minimum absolute atomic E-state index is 0.0383. The molecule has 4 rings (SSSR count). The number of nitrogens with zero attached hydrogens (tertiary/aromatic N) is 3. The minimum Gasteiger partial charge on any atom is -0.341 e. The second kappa shape index (κ2) is 11.8. The second-order valence-electron chi connectivity index (χ2n) is 9.18. The highest BCUT2D eigenvalue weighted by Crippen LogP contribution is 2.35. The van der Waals surface area contributed by atoms with Crippen LogP contribution in [0.5, 0.6) is 0 Å². The molecule has 39 heavy (non-hydrogen) atoms. The number of aromatic nitrogens is 4. The van der Waals surface area contributed by atoms with Crippen LogP contribution < -0.4 is 4.72 Å². The number of nitrogens with one attached hydrogen (secondary N) is 2. The standard InChI is InChI=1S/C26H28F3N5O3S2/c1-17(35)9-5-3-8-12-19(25-30-16-20(31-25)18-10-6-4-7-11-18)33-39(36,37)24-14-13-22(38-24)21-15-23(26(27,28)29)32-34(21)2/h4,6-7,10-11,13-16,19,33H,3,5,8-9,12H2,1-2H3,(H,30,31)/t19-/m0/s1. The summed E-state index contributed by atoms with van der Waals surface area (Å²) in [6.45, 7) is 1.54. The SMILES string of the molecule is CC(=O)CCCCC[C@H](NS(=O)(=O)c1ccc(-c2cc(C(F)(F)F)nn2C)s1)c1ncc(-c2ccccc2)[nH]1. The third-order valence-electron chi connectivity index (χ3n) is 6.10. The number of halogens is 3.